The molecular formula is C38H37N9O7S3. The van der Waals surface area contributed by atoms with E-state index in [9.17, 15) is 28.1 Å². The average molecular weight is 828 g/mol. The van der Waals surface area contributed by atoms with E-state index in [1.165, 1.54) is 28.8 Å². The van der Waals surface area contributed by atoms with Gasteiger partial charge in [-0.15, -0.1) is 11.3 Å². The van der Waals surface area contributed by atoms with Crippen LogP contribution in [0.3, 0.4) is 0 Å². The van der Waals surface area contributed by atoms with E-state index in [-0.39, 0.29) is 29.9 Å². The topological polar surface area (TPSA) is 202 Å². The van der Waals surface area contributed by atoms with Crippen molar-refractivity contribution in [3.63, 3.8) is 0 Å². The van der Waals surface area contributed by atoms with Gasteiger partial charge in [-0.05, 0) is 81.0 Å². The first kappa shape index (κ1) is 39.2. The van der Waals surface area contributed by atoms with E-state index in [4.69, 9.17) is 4.74 Å². The summed E-state index contributed by atoms with van der Waals surface area (Å²) in [5, 5.41) is 20.6. The van der Waals surface area contributed by atoms with Crippen molar-refractivity contribution < 1.29 is 27.7 Å². The van der Waals surface area contributed by atoms with Crippen LogP contribution in [0.5, 0.6) is 5.75 Å². The number of hydrogen-bond donors (Lipinski definition) is 3. The number of carbonyl (C=O) groups excluding carboxylic acids is 2. The number of rotatable bonds is 15. The van der Waals surface area contributed by atoms with Gasteiger partial charge in [-0.1, -0.05) is 41.7 Å². The Labute approximate surface area is 335 Å². The molecule has 294 valence electrons. The molecule has 1 aliphatic heterocycles. The van der Waals surface area contributed by atoms with E-state index in [1.807, 2.05) is 77.1 Å². The molecule has 0 fully saturated rings. The van der Waals surface area contributed by atoms with Gasteiger partial charge in [-0.25, -0.2) is 23.1 Å². The number of amides is 2. The molecule has 3 aromatic carbocycles. The lowest BCUT2D eigenvalue weighted by Gasteiger charge is -2.29. The average Bonchev–Trinajstić information content (AvgIpc) is 3.86. The van der Waals surface area contributed by atoms with Gasteiger partial charge in [0.25, 0.3) is 27.5 Å². The standard InChI is InChI=1S/C38H37N9O7S3/c1-45(2)17-15-25(22-54-26-8-4-3-5-9-26)40-30-12-11-27(19-33(30)47(50)51)57(52,53)44-36(49)32-23-55-38(42-32)46-18-14-24-7-6-10-28(29(24)21-46)35(48)43-37-41-31-20-39-16-13-34(31)56-37/h3-13,16,19-20,23,25,40H,14-15,17-18,21-22H2,1-2H3,(H,44,49)(H,41,43,48)/t25-/m1/s1. The van der Waals surface area contributed by atoms with Crippen LogP contribution >= 0.6 is 22.7 Å². The van der Waals surface area contributed by atoms with E-state index < -0.39 is 31.4 Å². The van der Waals surface area contributed by atoms with Crippen molar-refractivity contribution in [1.82, 2.24) is 24.6 Å². The molecule has 57 heavy (non-hydrogen) atoms. The van der Waals surface area contributed by atoms with Gasteiger partial charge in [0.1, 0.15) is 29.3 Å². The second kappa shape index (κ2) is 17.0. The first-order chi connectivity index (χ1) is 27.4. The van der Waals surface area contributed by atoms with Crippen LogP contribution in [0.25, 0.3) is 10.2 Å². The summed E-state index contributed by atoms with van der Waals surface area (Å²) in [5.41, 5.74) is 2.46. The number of carbonyl (C=O) groups is 2. The number of aromatic nitrogens is 3. The number of thiazole rings is 2. The number of nitro groups is 1. The molecule has 2 amide bonds. The van der Waals surface area contributed by atoms with E-state index in [1.54, 1.807) is 18.5 Å². The van der Waals surface area contributed by atoms with Crippen molar-refractivity contribution in [2.75, 3.05) is 49.3 Å². The Balaban J connectivity index is 1.02. The van der Waals surface area contributed by atoms with Crippen molar-refractivity contribution in [1.29, 1.82) is 0 Å². The van der Waals surface area contributed by atoms with Crippen LogP contribution in [-0.2, 0) is 23.0 Å². The van der Waals surface area contributed by atoms with Crippen LogP contribution in [0.2, 0.25) is 0 Å². The van der Waals surface area contributed by atoms with Crippen LogP contribution in [0.1, 0.15) is 38.4 Å². The number of pyridine rings is 1. The summed E-state index contributed by atoms with van der Waals surface area (Å²) in [7, 11) is -0.725. The molecule has 0 saturated heterocycles. The van der Waals surface area contributed by atoms with Gasteiger partial charge >= 0.3 is 0 Å². The van der Waals surface area contributed by atoms with Crippen molar-refractivity contribution in [2.45, 2.75) is 30.3 Å². The molecule has 0 aliphatic carbocycles. The highest BCUT2D eigenvalue weighted by atomic mass is 32.2. The summed E-state index contributed by atoms with van der Waals surface area (Å²) in [4.78, 5) is 54.6. The minimum atomic E-state index is -4.55. The molecule has 4 heterocycles. The van der Waals surface area contributed by atoms with Crippen molar-refractivity contribution >= 4 is 76.4 Å². The monoisotopic (exact) mass is 827 g/mol. The molecule has 6 aromatic rings. The molecule has 0 radical (unpaired) electrons. The summed E-state index contributed by atoms with van der Waals surface area (Å²) < 4.78 is 35.6. The van der Waals surface area contributed by atoms with Crippen molar-refractivity contribution in [3.8, 4) is 5.75 Å². The lowest BCUT2D eigenvalue weighted by molar-refractivity contribution is -0.384. The molecule has 1 aliphatic rings. The number of sulfonamides is 1. The first-order valence-electron chi connectivity index (χ1n) is 17.7. The molecule has 0 saturated carbocycles. The van der Waals surface area contributed by atoms with E-state index in [0.29, 0.717) is 59.6 Å². The molecule has 1 atom stereocenters. The highest BCUT2D eigenvalue weighted by Crippen LogP contribution is 2.32. The quantitative estimate of drug-likeness (QED) is 0.0829. The molecule has 0 bridgehead atoms. The molecule has 0 spiro atoms. The Bertz CT molecular complexity index is 2510. The zero-order chi connectivity index (χ0) is 40.1. The Morgan fingerprint density at radius 1 is 1.05 bits per heavy atom. The zero-order valence-electron chi connectivity index (χ0n) is 30.7. The van der Waals surface area contributed by atoms with Gasteiger partial charge in [0.05, 0.1) is 26.8 Å². The maximum Gasteiger partial charge on any atom is 0.293 e. The third kappa shape index (κ3) is 9.34. The molecule has 7 rings (SSSR count). The minimum absolute atomic E-state index is 0.105. The van der Waals surface area contributed by atoms with Gasteiger partial charge in [0.15, 0.2) is 10.3 Å². The molecule has 3 aromatic heterocycles. The molecular weight excluding hydrogens is 791 g/mol. The van der Waals surface area contributed by atoms with Crippen LogP contribution in [0.15, 0.2) is 95.5 Å². The predicted molar refractivity (Wildman–Crippen MR) is 219 cm³/mol. The second-order valence-corrected chi connectivity index (χ2v) is 16.9. The maximum atomic E-state index is 13.4. The number of benzene rings is 3. The summed E-state index contributed by atoms with van der Waals surface area (Å²) in [6, 6.07) is 19.6. The first-order valence-corrected chi connectivity index (χ1v) is 20.9. The van der Waals surface area contributed by atoms with Gasteiger partial charge in [-0.2, -0.15) is 0 Å². The number of hydrogen-bond acceptors (Lipinski definition) is 15. The number of anilines is 3. The molecule has 19 heteroatoms. The fourth-order valence-electron chi connectivity index (χ4n) is 6.20. The van der Waals surface area contributed by atoms with Gasteiger partial charge in [-0.3, -0.25) is 30.0 Å². The molecule has 16 nitrogen and oxygen atoms in total. The Hall–Kier alpha value is -6.02. The number of para-hydroxylation sites is 1. The van der Waals surface area contributed by atoms with E-state index in [2.05, 4.69) is 25.6 Å². The van der Waals surface area contributed by atoms with Gasteiger partial charge < -0.3 is 19.9 Å². The SMILES string of the molecule is CN(C)CC[C@H](COc1ccccc1)Nc1ccc(S(=O)(=O)NC(=O)c2csc(N3CCc4cccc(C(=O)Nc5nc6cnccc6s5)c4C3)n2)cc1[N+](=O)[O-]. The van der Waals surface area contributed by atoms with E-state index in [0.717, 1.165) is 33.2 Å². The fourth-order valence-corrected chi connectivity index (χ4v) is 8.84. The van der Waals surface area contributed by atoms with Crippen LogP contribution in [0, 0.1) is 10.1 Å². The predicted octanol–water partition coefficient (Wildman–Crippen LogP) is 5.80. The summed E-state index contributed by atoms with van der Waals surface area (Å²) >= 11 is 2.51. The normalized spacial score (nSPS) is 13.2. The van der Waals surface area contributed by atoms with Crippen molar-refractivity contribution in [2.24, 2.45) is 0 Å². The lowest BCUT2D eigenvalue weighted by Crippen LogP contribution is -2.33. The largest absolute Gasteiger partial charge is 0.491 e. The highest BCUT2D eigenvalue weighted by molar-refractivity contribution is 7.90. The van der Waals surface area contributed by atoms with E-state index >= 15 is 0 Å². The summed E-state index contributed by atoms with van der Waals surface area (Å²) in [6.45, 7) is 1.74. The highest BCUT2D eigenvalue weighted by Gasteiger charge is 2.28. The Morgan fingerprint density at radius 2 is 1.88 bits per heavy atom. The second-order valence-electron chi connectivity index (χ2n) is 13.4. The summed E-state index contributed by atoms with van der Waals surface area (Å²) in [6.07, 6.45) is 4.49. The number of ether oxygens (including phenoxy) is 1. The minimum Gasteiger partial charge on any atom is -0.491 e. The van der Waals surface area contributed by atoms with Crippen molar-refractivity contribution in [3.05, 3.63) is 123 Å². The van der Waals surface area contributed by atoms with Gasteiger partial charge in [0.2, 0.25) is 0 Å². The molecule has 3 N–H and O–H groups in total. The fraction of sp³-hybridized carbons (Fsp3) is 0.237. The molecule has 0 unspecified atom stereocenters. The summed E-state index contributed by atoms with van der Waals surface area (Å²) in [5.74, 6) is -0.661. The lowest BCUT2D eigenvalue weighted by atomic mass is 9.94. The Kier molecular flexibility index (Phi) is 11.7. The third-order valence-electron chi connectivity index (χ3n) is 9.11. The number of nitrogens with zero attached hydrogens (tertiary/aromatic N) is 6. The number of nitro benzene ring substituents is 1. The maximum absolute atomic E-state index is 13.4. The number of fused-ring (bicyclic) bond motifs is 2. The van der Waals surface area contributed by atoms with Crippen LogP contribution < -0.4 is 25.0 Å². The Morgan fingerprint density at radius 3 is 2.65 bits per heavy atom. The van der Waals surface area contributed by atoms with Crippen LogP contribution in [-0.4, -0.2) is 84.8 Å². The van der Waals surface area contributed by atoms with Crippen LogP contribution in [0.4, 0.5) is 21.6 Å². The zero-order valence-corrected chi connectivity index (χ0v) is 33.2. The van der Waals surface area contributed by atoms with Gasteiger partial charge in [0, 0.05) is 36.3 Å². The smallest absolute Gasteiger partial charge is 0.293 e. The number of nitrogens with one attached hydrogen (secondary N) is 3. The third-order valence-corrected chi connectivity index (χ3v) is 12.3.